The van der Waals surface area contributed by atoms with Crippen molar-refractivity contribution in [1.29, 1.82) is 0 Å². The van der Waals surface area contributed by atoms with Crippen molar-refractivity contribution in [2.45, 2.75) is 67.7 Å². The molecule has 0 aromatic heterocycles. The molecule has 0 saturated carbocycles. The molecule has 2 nitrogen and oxygen atoms in total. The van der Waals surface area contributed by atoms with Gasteiger partial charge in [0.05, 0.1) is 0 Å². The Morgan fingerprint density at radius 3 is 2.00 bits per heavy atom. The second-order valence-electron chi connectivity index (χ2n) is 9.48. The number of phenolic OH excluding ortho intramolecular Hbond substituents is 1. The third kappa shape index (κ3) is 3.85. The first-order chi connectivity index (χ1) is 11.7. The Labute approximate surface area is 158 Å². The van der Waals surface area contributed by atoms with Crippen LogP contribution in [0, 0.1) is 12.3 Å². The van der Waals surface area contributed by atoms with Gasteiger partial charge in [-0.2, -0.15) is 0 Å². The molecule has 0 atom stereocenters. The topological polar surface area (TPSA) is 37.3 Å². The van der Waals surface area contributed by atoms with E-state index in [0.29, 0.717) is 5.75 Å². The highest BCUT2D eigenvalue weighted by atomic mass is 16.3. The average molecular weight is 353 g/mol. The molecule has 0 radical (unpaired) electrons. The van der Waals surface area contributed by atoms with Crippen LogP contribution in [-0.2, 0) is 10.2 Å². The zero-order chi connectivity index (χ0) is 20.0. The minimum atomic E-state index is -0.195. The lowest BCUT2D eigenvalue weighted by Crippen LogP contribution is -2.21. The smallest absolute Gasteiger partial charge is 0.185 e. The standard InChI is InChI=1S/C24H32O2/c1-14-10-17(12-19(21(14)25)23(4,5)6)16(3)18-11-15(2)22(26)20(13-18)24(7,8)9/h10-13,25H,1-9H3. The van der Waals surface area contributed by atoms with E-state index < -0.39 is 0 Å². The van der Waals surface area contributed by atoms with Crippen LogP contribution in [0.4, 0.5) is 0 Å². The van der Waals surface area contributed by atoms with Crippen LogP contribution in [-0.4, -0.2) is 10.9 Å². The molecule has 1 aromatic rings. The van der Waals surface area contributed by atoms with Crippen LogP contribution in [0.1, 0.15) is 72.1 Å². The highest BCUT2D eigenvalue weighted by molar-refractivity contribution is 6.11. The van der Waals surface area contributed by atoms with Gasteiger partial charge in [0.25, 0.3) is 0 Å². The highest BCUT2D eigenvalue weighted by Crippen LogP contribution is 2.38. The Bertz CT molecular complexity index is 847. The molecule has 1 aliphatic rings. The lowest BCUT2D eigenvalue weighted by atomic mass is 9.77. The number of benzene rings is 1. The molecule has 0 unspecified atom stereocenters. The van der Waals surface area contributed by atoms with Crippen molar-refractivity contribution in [2.24, 2.45) is 5.41 Å². The van der Waals surface area contributed by atoms with Crippen LogP contribution in [0.15, 0.2) is 41.0 Å². The average Bonchev–Trinajstić information content (AvgIpc) is 2.49. The van der Waals surface area contributed by atoms with Gasteiger partial charge in [0, 0.05) is 11.1 Å². The fraction of sp³-hybridized carbons (Fsp3) is 0.458. The number of aromatic hydroxyl groups is 1. The summed E-state index contributed by atoms with van der Waals surface area (Å²) in [5, 5.41) is 10.5. The third-order valence-corrected chi connectivity index (χ3v) is 5.06. The van der Waals surface area contributed by atoms with Gasteiger partial charge in [0.2, 0.25) is 0 Å². The number of hydrogen-bond acceptors (Lipinski definition) is 2. The summed E-state index contributed by atoms with van der Waals surface area (Å²) in [6.45, 7) is 18.5. The molecule has 0 spiro atoms. The molecule has 0 amide bonds. The summed E-state index contributed by atoms with van der Waals surface area (Å²) >= 11 is 0. The van der Waals surface area contributed by atoms with Gasteiger partial charge in [-0.05, 0) is 83.7 Å². The number of phenols is 1. The maximum atomic E-state index is 12.6. The van der Waals surface area contributed by atoms with E-state index in [2.05, 4.69) is 54.5 Å². The SMILES string of the molecule is CC1=CC(=C(C)c2cc(C)c(O)c(C(C)(C)C)c2)C=C(C(C)(C)C)C1=O. The van der Waals surface area contributed by atoms with E-state index in [1.165, 1.54) is 0 Å². The Morgan fingerprint density at radius 1 is 0.923 bits per heavy atom. The zero-order valence-electron chi connectivity index (χ0n) is 17.7. The van der Waals surface area contributed by atoms with E-state index in [-0.39, 0.29) is 16.6 Å². The maximum absolute atomic E-state index is 12.6. The summed E-state index contributed by atoms with van der Waals surface area (Å²) in [4.78, 5) is 12.6. The first-order valence-corrected chi connectivity index (χ1v) is 9.24. The normalized spacial score (nSPS) is 17.8. The molecular weight excluding hydrogens is 320 g/mol. The minimum absolute atomic E-state index is 0.131. The van der Waals surface area contributed by atoms with Gasteiger partial charge in [-0.1, -0.05) is 41.5 Å². The lowest BCUT2D eigenvalue weighted by Gasteiger charge is -2.26. The van der Waals surface area contributed by atoms with E-state index in [0.717, 1.165) is 39.0 Å². The Morgan fingerprint density at radius 2 is 1.50 bits per heavy atom. The highest BCUT2D eigenvalue weighted by Gasteiger charge is 2.28. The first kappa shape index (κ1) is 20.2. The molecule has 26 heavy (non-hydrogen) atoms. The van der Waals surface area contributed by atoms with Crippen molar-refractivity contribution in [1.82, 2.24) is 0 Å². The molecule has 2 rings (SSSR count). The number of carbonyl (C=O) groups is 1. The Kier molecular flexibility index (Phi) is 5.11. The molecule has 0 bridgehead atoms. The van der Waals surface area contributed by atoms with Crippen molar-refractivity contribution in [2.75, 3.05) is 0 Å². The number of ketones is 1. The molecule has 0 aliphatic heterocycles. The van der Waals surface area contributed by atoms with Crippen LogP contribution in [0.25, 0.3) is 5.57 Å². The molecule has 2 heteroatoms. The molecule has 1 aliphatic carbocycles. The number of rotatable bonds is 1. The predicted molar refractivity (Wildman–Crippen MR) is 110 cm³/mol. The second kappa shape index (κ2) is 6.57. The van der Waals surface area contributed by atoms with Gasteiger partial charge in [-0.15, -0.1) is 0 Å². The van der Waals surface area contributed by atoms with Crippen LogP contribution in [0.3, 0.4) is 0 Å². The number of hydrogen-bond donors (Lipinski definition) is 1. The predicted octanol–water partition coefficient (Wildman–Crippen LogP) is 6.27. The lowest BCUT2D eigenvalue weighted by molar-refractivity contribution is -0.113. The largest absolute Gasteiger partial charge is 0.507 e. The zero-order valence-corrected chi connectivity index (χ0v) is 17.7. The van der Waals surface area contributed by atoms with Crippen molar-refractivity contribution < 1.29 is 9.90 Å². The van der Waals surface area contributed by atoms with E-state index in [1.807, 2.05) is 32.1 Å². The fourth-order valence-corrected chi connectivity index (χ4v) is 3.28. The van der Waals surface area contributed by atoms with Gasteiger partial charge in [0.1, 0.15) is 5.75 Å². The van der Waals surface area contributed by atoms with Crippen molar-refractivity contribution >= 4 is 11.4 Å². The summed E-state index contributed by atoms with van der Waals surface area (Å²) in [6, 6.07) is 4.10. The van der Waals surface area contributed by atoms with Gasteiger partial charge in [-0.25, -0.2) is 0 Å². The molecular formula is C24H32O2. The van der Waals surface area contributed by atoms with Gasteiger partial charge < -0.3 is 5.11 Å². The second-order valence-corrected chi connectivity index (χ2v) is 9.48. The summed E-state index contributed by atoms with van der Waals surface area (Å²) in [6.07, 6.45) is 4.01. The molecule has 0 saturated heterocycles. The molecule has 1 aromatic carbocycles. The fourth-order valence-electron chi connectivity index (χ4n) is 3.28. The number of allylic oxidation sites excluding steroid dienone is 6. The number of Topliss-reactive ketones (excluding diaryl/α,β-unsaturated/α-hetero) is 1. The molecule has 0 fully saturated rings. The summed E-state index contributed by atoms with van der Waals surface area (Å²) in [5.41, 5.74) is 6.37. The quantitative estimate of drug-likeness (QED) is 0.646. The number of aryl methyl sites for hydroxylation is 1. The van der Waals surface area contributed by atoms with Crippen molar-refractivity contribution in [3.63, 3.8) is 0 Å². The van der Waals surface area contributed by atoms with E-state index >= 15 is 0 Å². The van der Waals surface area contributed by atoms with Gasteiger partial charge >= 0.3 is 0 Å². The van der Waals surface area contributed by atoms with E-state index in [9.17, 15) is 9.90 Å². The van der Waals surface area contributed by atoms with Crippen molar-refractivity contribution in [3.8, 4) is 5.75 Å². The Balaban J connectivity index is 2.71. The van der Waals surface area contributed by atoms with Crippen LogP contribution in [0.2, 0.25) is 0 Å². The monoisotopic (exact) mass is 352 g/mol. The van der Waals surface area contributed by atoms with Crippen LogP contribution >= 0.6 is 0 Å². The molecule has 0 heterocycles. The Hall–Kier alpha value is -2.09. The third-order valence-electron chi connectivity index (χ3n) is 5.06. The van der Waals surface area contributed by atoms with Gasteiger partial charge in [0.15, 0.2) is 5.78 Å². The first-order valence-electron chi connectivity index (χ1n) is 9.24. The summed E-state index contributed by atoms with van der Waals surface area (Å²) in [5.74, 6) is 0.502. The van der Waals surface area contributed by atoms with Crippen LogP contribution in [0.5, 0.6) is 5.75 Å². The van der Waals surface area contributed by atoms with Crippen LogP contribution < -0.4 is 0 Å². The summed E-state index contributed by atoms with van der Waals surface area (Å²) < 4.78 is 0. The van der Waals surface area contributed by atoms with Crippen molar-refractivity contribution in [3.05, 3.63) is 57.7 Å². The minimum Gasteiger partial charge on any atom is -0.507 e. The molecule has 1 N–H and O–H groups in total. The van der Waals surface area contributed by atoms with E-state index in [1.54, 1.807) is 0 Å². The summed E-state index contributed by atoms with van der Waals surface area (Å²) in [7, 11) is 0. The van der Waals surface area contributed by atoms with Gasteiger partial charge in [-0.3, -0.25) is 4.79 Å². The maximum Gasteiger partial charge on any atom is 0.185 e. The number of carbonyl (C=O) groups excluding carboxylic acids is 1. The molecule has 140 valence electrons. The van der Waals surface area contributed by atoms with E-state index in [4.69, 9.17) is 0 Å².